The Balaban J connectivity index is 1.75. The molecule has 3 rings (SSSR count). The van der Waals surface area contributed by atoms with E-state index in [0.29, 0.717) is 25.3 Å². The standard InChI is InChI=1S/C25H27ClN2O4S/c1-2-32-24-14-13-21(18-22(24)26)33(30,31)28-23(17-20-11-7-4-8-12-20)25(29)27-16-15-19-9-5-3-6-10-19/h3-14,18,23,28H,2,15-17H2,1H3,(H,27,29). The summed E-state index contributed by atoms with van der Waals surface area (Å²) in [5.41, 5.74) is 1.93. The van der Waals surface area contributed by atoms with Gasteiger partial charge >= 0.3 is 0 Å². The van der Waals surface area contributed by atoms with Crippen molar-refractivity contribution in [2.24, 2.45) is 0 Å². The van der Waals surface area contributed by atoms with Crippen molar-refractivity contribution in [3.05, 3.63) is 95.0 Å². The number of ether oxygens (including phenoxy) is 1. The first kappa shape index (κ1) is 24.8. The Bertz CT molecular complexity index is 1160. The van der Waals surface area contributed by atoms with E-state index < -0.39 is 22.0 Å². The average molecular weight is 487 g/mol. The SMILES string of the molecule is CCOc1ccc(S(=O)(=O)NC(Cc2ccccc2)C(=O)NCCc2ccccc2)cc1Cl. The summed E-state index contributed by atoms with van der Waals surface area (Å²) in [5, 5.41) is 3.04. The third-order valence-corrected chi connectivity index (χ3v) is 6.73. The maximum absolute atomic E-state index is 13.1. The minimum atomic E-state index is -4.01. The summed E-state index contributed by atoms with van der Waals surface area (Å²) in [7, 11) is -4.01. The first-order chi connectivity index (χ1) is 15.9. The average Bonchev–Trinajstić information content (AvgIpc) is 2.81. The van der Waals surface area contributed by atoms with Crippen molar-refractivity contribution in [1.29, 1.82) is 0 Å². The quantitative estimate of drug-likeness (QED) is 0.429. The van der Waals surface area contributed by atoms with Gasteiger partial charge in [0.05, 0.1) is 16.5 Å². The number of nitrogens with one attached hydrogen (secondary N) is 2. The maximum Gasteiger partial charge on any atom is 0.241 e. The number of carbonyl (C=O) groups is 1. The summed E-state index contributed by atoms with van der Waals surface area (Å²) in [6, 6.07) is 22.3. The Morgan fingerprint density at radius 3 is 2.21 bits per heavy atom. The summed E-state index contributed by atoms with van der Waals surface area (Å²) in [5.74, 6) is 0.00741. The molecule has 0 fully saturated rings. The lowest BCUT2D eigenvalue weighted by atomic mass is 10.1. The summed E-state index contributed by atoms with van der Waals surface area (Å²) in [6.45, 7) is 2.62. The van der Waals surface area contributed by atoms with Crippen LogP contribution in [-0.4, -0.2) is 33.5 Å². The predicted octanol–water partition coefficient (Wildman–Crippen LogP) is 3.99. The molecule has 6 nitrogen and oxygen atoms in total. The lowest BCUT2D eigenvalue weighted by molar-refractivity contribution is -0.122. The molecule has 1 amide bonds. The zero-order chi connectivity index (χ0) is 23.7. The maximum atomic E-state index is 13.1. The van der Waals surface area contributed by atoms with Crippen LogP contribution in [0.3, 0.4) is 0 Å². The molecule has 1 unspecified atom stereocenters. The Morgan fingerprint density at radius 1 is 0.970 bits per heavy atom. The molecule has 0 radical (unpaired) electrons. The number of hydrogen-bond donors (Lipinski definition) is 2. The van der Waals surface area contributed by atoms with E-state index in [9.17, 15) is 13.2 Å². The van der Waals surface area contributed by atoms with Gasteiger partial charge in [0.1, 0.15) is 11.8 Å². The molecule has 0 aliphatic heterocycles. The highest BCUT2D eigenvalue weighted by atomic mass is 35.5. The number of amides is 1. The first-order valence-electron chi connectivity index (χ1n) is 10.7. The van der Waals surface area contributed by atoms with Crippen molar-refractivity contribution in [2.75, 3.05) is 13.2 Å². The van der Waals surface area contributed by atoms with Crippen molar-refractivity contribution >= 4 is 27.5 Å². The van der Waals surface area contributed by atoms with E-state index in [1.54, 1.807) is 0 Å². The predicted molar refractivity (Wildman–Crippen MR) is 130 cm³/mol. The Kier molecular flexibility index (Phi) is 8.88. The van der Waals surface area contributed by atoms with Crippen LogP contribution in [0, 0.1) is 0 Å². The van der Waals surface area contributed by atoms with Gasteiger partial charge in [-0.1, -0.05) is 72.3 Å². The zero-order valence-corrected chi connectivity index (χ0v) is 19.9. The second kappa shape index (κ2) is 11.8. The normalized spacial score (nSPS) is 12.2. The molecule has 0 saturated carbocycles. The molecule has 0 heterocycles. The van der Waals surface area contributed by atoms with E-state index in [1.165, 1.54) is 18.2 Å². The lowest BCUT2D eigenvalue weighted by Gasteiger charge is -2.19. The van der Waals surface area contributed by atoms with Crippen molar-refractivity contribution < 1.29 is 17.9 Å². The largest absolute Gasteiger partial charge is 0.492 e. The number of benzene rings is 3. The second-order valence-corrected chi connectivity index (χ2v) is 9.54. The molecule has 0 aliphatic carbocycles. The molecule has 0 saturated heterocycles. The molecular weight excluding hydrogens is 460 g/mol. The van der Waals surface area contributed by atoms with Crippen LogP contribution < -0.4 is 14.8 Å². The van der Waals surface area contributed by atoms with E-state index in [-0.39, 0.29) is 16.3 Å². The van der Waals surface area contributed by atoms with Gasteiger partial charge in [-0.2, -0.15) is 4.72 Å². The third-order valence-electron chi connectivity index (χ3n) is 4.97. The molecule has 2 N–H and O–H groups in total. The van der Waals surface area contributed by atoms with Crippen LogP contribution in [0.2, 0.25) is 5.02 Å². The topological polar surface area (TPSA) is 84.5 Å². The number of hydrogen-bond acceptors (Lipinski definition) is 4. The fourth-order valence-corrected chi connectivity index (χ4v) is 4.83. The molecule has 0 aromatic heterocycles. The minimum Gasteiger partial charge on any atom is -0.492 e. The van der Waals surface area contributed by atoms with Gasteiger partial charge in [-0.25, -0.2) is 8.42 Å². The molecule has 1 atom stereocenters. The van der Waals surface area contributed by atoms with Crippen molar-refractivity contribution in [2.45, 2.75) is 30.7 Å². The number of halogens is 1. The highest BCUT2D eigenvalue weighted by Crippen LogP contribution is 2.27. The van der Waals surface area contributed by atoms with E-state index >= 15 is 0 Å². The number of sulfonamides is 1. The van der Waals surface area contributed by atoms with Crippen LogP contribution in [0.15, 0.2) is 83.8 Å². The first-order valence-corrected chi connectivity index (χ1v) is 12.6. The van der Waals surface area contributed by atoms with Gasteiger partial charge < -0.3 is 10.1 Å². The van der Waals surface area contributed by atoms with E-state index in [4.69, 9.17) is 16.3 Å². The van der Waals surface area contributed by atoms with Crippen LogP contribution >= 0.6 is 11.6 Å². The summed E-state index contributed by atoms with van der Waals surface area (Å²) in [4.78, 5) is 12.9. The molecule has 0 bridgehead atoms. The molecule has 0 spiro atoms. The van der Waals surface area contributed by atoms with Crippen LogP contribution in [0.4, 0.5) is 0 Å². The van der Waals surface area contributed by atoms with E-state index in [2.05, 4.69) is 10.0 Å². The van der Waals surface area contributed by atoms with Gasteiger partial charge in [-0.15, -0.1) is 0 Å². The van der Waals surface area contributed by atoms with Gasteiger partial charge in [0.15, 0.2) is 0 Å². The van der Waals surface area contributed by atoms with E-state index in [1.807, 2.05) is 67.6 Å². The van der Waals surface area contributed by atoms with Crippen LogP contribution in [0.5, 0.6) is 5.75 Å². The van der Waals surface area contributed by atoms with Crippen LogP contribution in [0.25, 0.3) is 0 Å². The monoisotopic (exact) mass is 486 g/mol. The Hall–Kier alpha value is -2.87. The second-order valence-electron chi connectivity index (χ2n) is 7.42. The fraction of sp³-hybridized carbons (Fsp3) is 0.240. The highest BCUT2D eigenvalue weighted by molar-refractivity contribution is 7.89. The number of carbonyl (C=O) groups excluding carboxylic acids is 1. The smallest absolute Gasteiger partial charge is 0.241 e. The molecular formula is C25H27ClN2O4S. The van der Waals surface area contributed by atoms with Crippen molar-refractivity contribution in [3.63, 3.8) is 0 Å². The molecule has 33 heavy (non-hydrogen) atoms. The van der Waals surface area contributed by atoms with Gasteiger partial charge in [0, 0.05) is 6.54 Å². The Morgan fingerprint density at radius 2 is 1.61 bits per heavy atom. The van der Waals surface area contributed by atoms with Crippen molar-refractivity contribution in [1.82, 2.24) is 10.0 Å². The molecule has 3 aromatic rings. The summed E-state index contributed by atoms with van der Waals surface area (Å²) < 4.78 is 34.0. The molecule has 8 heteroatoms. The Labute approximate surface area is 200 Å². The van der Waals surface area contributed by atoms with Gasteiger partial charge in [-0.05, 0) is 49.1 Å². The van der Waals surface area contributed by atoms with Gasteiger partial charge in [0.25, 0.3) is 0 Å². The third kappa shape index (κ3) is 7.32. The van der Waals surface area contributed by atoms with E-state index in [0.717, 1.165) is 11.1 Å². The lowest BCUT2D eigenvalue weighted by Crippen LogP contribution is -2.48. The molecule has 3 aromatic carbocycles. The van der Waals surface area contributed by atoms with Gasteiger partial charge in [0.2, 0.25) is 15.9 Å². The van der Waals surface area contributed by atoms with Crippen LogP contribution in [-0.2, 0) is 27.7 Å². The minimum absolute atomic E-state index is 0.0360. The zero-order valence-electron chi connectivity index (χ0n) is 18.3. The highest BCUT2D eigenvalue weighted by Gasteiger charge is 2.26. The summed E-state index contributed by atoms with van der Waals surface area (Å²) >= 11 is 6.17. The van der Waals surface area contributed by atoms with Gasteiger partial charge in [-0.3, -0.25) is 4.79 Å². The van der Waals surface area contributed by atoms with Crippen LogP contribution in [0.1, 0.15) is 18.1 Å². The molecule has 0 aliphatic rings. The number of rotatable bonds is 11. The fourth-order valence-electron chi connectivity index (χ4n) is 3.31. The summed E-state index contributed by atoms with van der Waals surface area (Å²) in [6.07, 6.45) is 0.855. The molecule has 174 valence electrons. The van der Waals surface area contributed by atoms with Crippen molar-refractivity contribution in [3.8, 4) is 5.75 Å².